The summed E-state index contributed by atoms with van der Waals surface area (Å²) in [6, 6.07) is 4.03. The van der Waals surface area contributed by atoms with Gasteiger partial charge in [0.2, 0.25) is 5.91 Å². The number of ether oxygens (including phenoxy) is 1. The van der Waals surface area contributed by atoms with Crippen molar-refractivity contribution in [2.45, 2.75) is 13.0 Å². The van der Waals surface area contributed by atoms with E-state index in [2.05, 4.69) is 10.3 Å². The number of carbonyl (C=O) groups excluding carboxylic acids is 1. The molecule has 1 aromatic heterocycles. The Morgan fingerprint density at radius 2 is 2.33 bits per heavy atom. The van der Waals surface area contributed by atoms with Crippen LogP contribution in [-0.4, -0.2) is 48.6 Å². The smallest absolute Gasteiger partial charge is 0.236 e. The molecule has 1 atom stereocenters. The van der Waals surface area contributed by atoms with Gasteiger partial charge >= 0.3 is 0 Å². The molecule has 5 nitrogen and oxygen atoms in total. The van der Waals surface area contributed by atoms with Gasteiger partial charge < -0.3 is 15.0 Å². The fourth-order valence-electron chi connectivity index (χ4n) is 1.91. The summed E-state index contributed by atoms with van der Waals surface area (Å²) in [4.78, 5) is 17.8. The first-order valence-corrected chi connectivity index (χ1v) is 6.26. The Hall–Kier alpha value is -1.46. The average Bonchev–Trinajstić information content (AvgIpc) is 2.46. The maximum atomic E-state index is 11.9. The molecule has 0 spiro atoms. The van der Waals surface area contributed by atoms with Crippen LogP contribution in [0, 0.1) is 0 Å². The minimum atomic E-state index is 0.128. The van der Waals surface area contributed by atoms with Crippen molar-refractivity contribution in [1.82, 2.24) is 15.2 Å². The third-order valence-electron chi connectivity index (χ3n) is 3.11. The molecule has 18 heavy (non-hydrogen) atoms. The number of hydrogen-bond acceptors (Lipinski definition) is 4. The molecular weight excluding hydrogens is 230 g/mol. The predicted molar refractivity (Wildman–Crippen MR) is 68.1 cm³/mol. The monoisotopic (exact) mass is 249 g/mol. The number of morpholine rings is 1. The van der Waals surface area contributed by atoms with Gasteiger partial charge in [-0.05, 0) is 18.6 Å². The standard InChI is InChI=1S/C13H19N3O2/c1-11(12-3-2-4-14-9-12)15-10-13(17)16-5-7-18-8-6-16/h2-4,9,11,15H,5-8,10H2,1H3. The maximum absolute atomic E-state index is 11.9. The first kappa shape index (κ1) is 13.0. The largest absolute Gasteiger partial charge is 0.378 e. The first-order chi connectivity index (χ1) is 8.77. The Bertz CT molecular complexity index is 377. The van der Waals surface area contributed by atoms with E-state index >= 15 is 0 Å². The van der Waals surface area contributed by atoms with Crippen molar-refractivity contribution in [3.8, 4) is 0 Å². The molecule has 98 valence electrons. The molecule has 1 aliphatic heterocycles. The lowest BCUT2D eigenvalue weighted by Crippen LogP contribution is -2.45. The summed E-state index contributed by atoms with van der Waals surface area (Å²) in [5, 5.41) is 3.22. The minimum Gasteiger partial charge on any atom is -0.378 e. The second-order valence-corrected chi connectivity index (χ2v) is 4.38. The SMILES string of the molecule is CC(NCC(=O)N1CCOCC1)c1cccnc1. The number of carbonyl (C=O) groups is 1. The Labute approximate surface area is 107 Å². The van der Waals surface area contributed by atoms with Crippen LogP contribution in [-0.2, 0) is 9.53 Å². The number of rotatable bonds is 4. The highest BCUT2D eigenvalue weighted by Crippen LogP contribution is 2.09. The van der Waals surface area contributed by atoms with Crippen LogP contribution in [0.15, 0.2) is 24.5 Å². The summed E-state index contributed by atoms with van der Waals surface area (Å²) in [6.07, 6.45) is 3.56. The van der Waals surface area contributed by atoms with Gasteiger partial charge in [-0.3, -0.25) is 9.78 Å². The van der Waals surface area contributed by atoms with Gasteiger partial charge in [0.1, 0.15) is 0 Å². The lowest BCUT2D eigenvalue weighted by Gasteiger charge is -2.27. The van der Waals surface area contributed by atoms with E-state index in [1.165, 1.54) is 0 Å². The maximum Gasteiger partial charge on any atom is 0.236 e. The van der Waals surface area contributed by atoms with Crippen molar-refractivity contribution in [3.63, 3.8) is 0 Å². The van der Waals surface area contributed by atoms with E-state index in [4.69, 9.17) is 4.74 Å². The van der Waals surface area contributed by atoms with Gasteiger partial charge in [0.15, 0.2) is 0 Å². The van der Waals surface area contributed by atoms with Crippen molar-refractivity contribution in [2.75, 3.05) is 32.8 Å². The number of pyridine rings is 1. The first-order valence-electron chi connectivity index (χ1n) is 6.26. The minimum absolute atomic E-state index is 0.128. The predicted octanol–water partition coefficient (Wildman–Crippen LogP) is 0.591. The summed E-state index contributed by atoms with van der Waals surface area (Å²) in [5.41, 5.74) is 1.09. The van der Waals surface area contributed by atoms with Crippen LogP contribution in [0.3, 0.4) is 0 Å². The van der Waals surface area contributed by atoms with E-state index in [0.29, 0.717) is 32.8 Å². The van der Waals surface area contributed by atoms with E-state index in [1.807, 2.05) is 30.2 Å². The fraction of sp³-hybridized carbons (Fsp3) is 0.538. The molecule has 5 heteroatoms. The second kappa shape index (κ2) is 6.47. The van der Waals surface area contributed by atoms with Gasteiger partial charge in [-0.15, -0.1) is 0 Å². The van der Waals surface area contributed by atoms with Crippen LogP contribution in [0.25, 0.3) is 0 Å². The number of nitrogens with zero attached hydrogens (tertiary/aromatic N) is 2. The number of amides is 1. The molecule has 1 amide bonds. The van der Waals surface area contributed by atoms with Crippen LogP contribution in [0.1, 0.15) is 18.5 Å². The summed E-state index contributed by atoms with van der Waals surface area (Å²) in [5.74, 6) is 0.133. The Morgan fingerprint density at radius 3 is 3.00 bits per heavy atom. The molecule has 0 radical (unpaired) electrons. The average molecular weight is 249 g/mol. The van der Waals surface area contributed by atoms with Crippen LogP contribution in [0.2, 0.25) is 0 Å². The number of hydrogen-bond donors (Lipinski definition) is 1. The lowest BCUT2D eigenvalue weighted by molar-refractivity contribution is -0.134. The van der Waals surface area contributed by atoms with E-state index in [-0.39, 0.29) is 11.9 Å². The highest BCUT2D eigenvalue weighted by atomic mass is 16.5. The van der Waals surface area contributed by atoms with Crippen LogP contribution in [0.5, 0.6) is 0 Å². The molecule has 1 aliphatic rings. The summed E-state index contributed by atoms with van der Waals surface area (Å²) < 4.78 is 5.22. The van der Waals surface area contributed by atoms with Gasteiger partial charge in [0, 0.05) is 31.5 Å². The Morgan fingerprint density at radius 1 is 1.56 bits per heavy atom. The quantitative estimate of drug-likeness (QED) is 0.848. The zero-order chi connectivity index (χ0) is 12.8. The van der Waals surface area contributed by atoms with Crippen LogP contribution >= 0.6 is 0 Å². The molecule has 1 N–H and O–H groups in total. The molecule has 0 aliphatic carbocycles. The fourth-order valence-corrected chi connectivity index (χ4v) is 1.91. The van der Waals surface area contributed by atoms with E-state index in [9.17, 15) is 4.79 Å². The van der Waals surface area contributed by atoms with Gasteiger partial charge in [0.05, 0.1) is 19.8 Å². The van der Waals surface area contributed by atoms with Gasteiger partial charge in [-0.2, -0.15) is 0 Å². The van der Waals surface area contributed by atoms with Crippen molar-refractivity contribution < 1.29 is 9.53 Å². The third-order valence-corrected chi connectivity index (χ3v) is 3.11. The van der Waals surface area contributed by atoms with Crippen LogP contribution in [0.4, 0.5) is 0 Å². The number of nitrogens with one attached hydrogen (secondary N) is 1. The van der Waals surface area contributed by atoms with Crippen LogP contribution < -0.4 is 5.32 Å². The van der Waals surface area contributed by atoms with Crippen molar-refractivity contribution in [3.05, 3.63) is 30.1 Å². The summed E-state index contributed by atoms with van der Waals surface area (Å²) >= 11 is 0. The van der Waals surface area contributed by atoms with Gasteiger partial charge in [0.25, 0.3) is 0 Å². The highest BCUT2D eigenvalue weighted by Gasteiger charge is 2.17. The molecule has 2 heterocycles. The molecule has 0 saturated carbocycles. The highest BCUT2D eigenvalue weighted by molar-refractivity contribution is 5.78. The van der Waals surface area contributed by atoms with Crippen molar-refractivity contribution in [1.29, 1.82) is 0 Å². The normalized spacial score (nSPS) is 17.5. The summed E-state index contributed by atoms with van der Waals surface area (Å²) in [7, 11) is 0. The second-order valence-electron chi connectivity index (χ2n) is 4.38. The molecule has 1 aromatic rings. The molecular formula is C13H19N3O2. The third kappa shape index (κ3) is 3.51. The van der Waals surface area contributed by atoms with E-state index < -0.39 is 0 Å². The molecule has 1 saturated heterocycles. The van der Waals surface area contributed by atoms with Gasteiger partial charge in [-0.25, -0.2) is 0 Å². The zero-order valence-corrected chi connectivity index (χ0v) is 10.6. The Kier molecular flexibility index (Phi) is 4.66. The molecule has 0 aromatic carbocycles. The molecule has 0 bridgehead atoms. The van der Waals surface area contributed by atoms with E-state index in [1.54, 1.807) is 6.20 Å². The van der Waals surface area contributed by atoms with Crippen molar-refractivity contribution in [2.24, 2.45) is 0 Å². The van der Waals surface area contributed by atoms with E-state index in [0.717, 1.165) is 5.56 Å². The number of aromatic nitrogens is 1. The molecule has 2 rings (SSSR count). The van der Waals surface area contributed by atoms with Gasteiger partial charge in [-0.1, -0.05) is 6.07 Å². The van der Waals surface area contributed by atoms with Crippen molar-refractivity contribution >= 4 is 5.91 Å². The zero-order valence-electron chi connectivity index (χ0n) is 10.6. The topological polar surface area (TPSA) is 54.5 Å². The molecule has 1 fully saturated rings. The Balaban J connectivity index is 1.78. The lowest BCUT2D eigenvalue weighted by atomic mass is 10.1. The summed E-state index contributed by atoms with van der Waals surface area (Å²) in [6.45, 7) is 5.07. The molecule has 1 unspecified atom stereocenters.